The lowest BCUT2D eigenvalue weighted by Gasteiger charge is -2.21. The molecule has 5 amide bonds. The topological polar surface area (TPSA) is 90.5 Å². The number of nitrogens with zero attached hydrogens (tertiary/aromatic N) is 1. The molecule has 3 N–H and O–H groups in total. The van der Waals surface area contributed by atoms with Crippen LogP contribution in [0.1, 0.15) is 19.3 Å². The van der Waals surface area contributed by atoms with Gasteiger partial charge in [0.25, 0.3) is 5.91 Å². The van der Waals surface area contributed by atoms with Crippen LogP contribution in [0.3, 0.4) is 0 Å². The molecule has 2 heterocycles. The Bertz CT molecular complexity index is 406. The zero-order valence-electron chi connectivity index (χ0n) is 9.28. The van der Waals surface area contributed by atoms with Gasteiger partial charge in [0.05, 0.1) is 6.54 Å². The van der Waals surface area contributed by atoms with Crippen LogP contribution >= 0.6 is 0 Å². The fourth-order valence-corrected chi connectivity index (χ4v) is 2.29. The van der Waals surface area contributed by atoms with Crippen LogP contribution in [0.15, 0.2) is 0 Å². The van der Waals surface area contributed by atoms with Crippen molar-refractivity contribution >= 4 is 18.0 Å². The maximum atomic E-state index is 11.8. The van der Waals surface area contributed by atoms with Crippen LogP contribution in [0, 0.1) is 0 Å². The number of nitrogens with one attached hydrogen (secondary N) is 3. The van der Waals surface area contributed by atoms with E-state index in [9.17, 15) is 14.4 Å². The number of hydrogen-bond acceptors (Lipinski definition) is 3. The maximum absolute atomic E-state index is 11.8. The highest BCUT2D eigenvalue weighted by Crippen LogP contribution is 2.25. The van der Waals surface area contributed by atoms with Crippen molar-refractivity contribution in [2.75, 3.05) is 13.1 Å². The Morgan fingerprint density at radius 2 is 2.18 bits per heavy atom. The maximum Gasteiger partial charge on any atom is 0.322 e. The molecule has 7 heteroatoms. The second kappa shape index (κ2) is 3.35. The fraction of sp³-hybridized carbons (Fsp3) is 0.700. The molecule has 0 aromatic carbocycles. The molecule has 2 aliphatic heterocycles. The quantitative estimate of drug-likeness (QED) is 0.519. The molecule has 3 fully saturated rings. The normalized spacial score (nSPS) is 31.6. The van der Waals surface area contributed by atoms with Crippen molar-refractivity contribution in [3.05, 3.63) is 0 Å². The second-order valence-electron chi connectivity index (χ2n) is 4.89. The number of amides is 5. The number of rotatable bonds is 1. The van der Waals surface area contributed by atoms with Crippen molar-refractivity contribution in [3.8, 4) is 0 Å². The van der Waals surface area contributed by atoms with Gasteiger partial charge < -0.3 is 15.5 Å². The van der Waals surface area contributed by atoms with Gasteiger partial charge >= 0.3 is 12.1 Å². The Kier molecular flexibility index (Phi) is 2.04. The van der Waals surface area contributed by atoms with Gasteiger partial charge in [0.15, 0.2) is 0 Å². The van der Waals surface area contributed by atoms with E-state index in [-0.39, 0.29) is 18.5 Å². The van der Waals surface area contributed by atoms with Gasteiger partial charge in [0.2, 0.25) is 0 Å². The van der Waals surface area contributed by atoms with Gasteiger partial charge in [-0.25, -0.2) is 9.59 Å². The molecule has 0 radical (unpaired) electrons. The number of urea groups is 2. The average molecular weight is 238 g/mol. The molecule has 0 aromatic rings. The predicted octanol–water partition coefficient (Wildman–Crippen LogP) is -0.858. The summed E-state index contributed by atoms with van der Waals surface area (Å²) in [5.74, 6) is -0.329. The first-order valence-corrected chi connectivity index (χ1v) is 5.78. The molecule has 2 saturated heterocycles. The number of likely N-dealkylation sites (tertiary alicyclic amines) is 1. The van der Waals surface area contributed by atoms with Crippen LogP contribution in [-0.2, 0) is 4.79 Å². The first-order chi connectivity index (χ1) is 8.09. The van der Waals surface area contributed by atoms with Gasteiger partial charge in [-0.3, -0.25) is 10.1 Å². The number of carbonyl (C=O) groups excluding carboxylic acids is 3. The summed E-state index contributed by atoms with van der Waals surface area (Å²) in [5, 5.41) is 7.70. The number of hydrogen-bond donors (Lipinski definition) is 3. The van der Waals surface area contributed by atoms with Crippen LogP contribution < -0.4 is 16.0 Å². The molecule has 92 valence electrons. The van der Waals surface area contributed by atoms with E-state index in [0.717, 1.165) is 12.8 Å². The molecule has 3 aliphatic rings. The first-order valence-electron chi connectivity index (χ1n) is 5.78. The van der Waals surface area contributed by atoms with E-state index in [4.69, 9.17) is 0 Å². The third-order valence-electron chi connectivity index (χ3n) is 3.48. The second-order valence-corrected chi connectivity index (χ2v) is 4.89. The van der Waals surface area contributed by atoms with Gasteiger partial charge in [-0.1, -0.05) is 0 Å². The summed E-state index contributed by atoms with van der Waals surface area (Å²) >= 11 is 0. The van der Waals surface area contributed by atoms with E-state index in [1.165, 1.54) is 0 Å². The fourth-order valence-electron chi connectivity index (χ4n) is 2.29. The van der Waals surface area contributed by atoms with Gasteiger partial charge in [-0.15, -0.1) is 0 Å². The highest BCUT2D eigenvalue weighted by atomic mass is 16.2. The summed E-state index contributed by atoms with van der Waals surface area (Å²) in [6.45, 7) is 0.745. The smallest absolute Gasteiger partial charge is 0.322 e. The standard InChI is InChI=1S/C10H14N4O3/c15-7-10(13-8(16)12-7)3-4-14(5-10)9(17)11-6-1-2-6/h6H,1-5H2,(H,11,17)(H2,12,13,15,16). The summed E-state index contributed by atoms with van der Waals surface area (Å²) in [7, 11) is 0. The van der Waals surface area contributed by atoms with Crippen LogP contribution in [0.4, 0.5) is 9.59 Å². The van der Waals surface area contributed by atoms with Crippen molar-refractivity contribution in [2.24, 2.45) is 0 Å². The van der Waals surface area contributed by atoms with Crippen molar-refractivity contribution in [3.63, 3.8) is 0 Å². The molecule has 1 aliphatic carbocycles. The molecule has 1 spiro atoms. The van der Waals surface area contributed by atoms with Crippen molar-refractivity contribution in [1.82, 2.24) is 20.9 Å². The van der Waals surface area contributed by atoms with Crippen molar-refractivity contribution in [1.29, 1.82) is 0 Å². The zero-order valence-corrected chi connectivity index (χ0v) is 9.28. The SMILES string of the molecule is O=C1NC(=O)C2(CCN(C(=O)NC3CC3)C2)N1. The van der Waals surface area contributed by atoms with E-state index >= 15 is 0 Å². The zero-order chi connectivity index (χ0) is 12.0. The lowest BCUT2D eigenvalue weighted by Crippen LogP contribution is -2.50. The van der Waals surface area contributed by atoms with Crippen molar-refractivity contribution in [2.45, 2.75) is 30.8 Å². The van der Waals surface area contributed by atoms with E-state index in [2.05, 4.69) is 16.0 Å². The lowest BCUT2D eigenvalue weighted by atomic mass is 10.00. The first kappa shape index (κ1) is 10.4. The van der Waals surface area contributed by atoms with Crippen LogP contribution in [0.2, 0.25) is 0 Å². The molecule has 3 rings (SSSR count). The van der Waals surface area contributed by atoms with E-state index < -0.39 is 11.6 Å². The Labute approximate surface area is 97.9 Å². The molecular weight excluding hydrogens is 224 g/mol. The average Bonchev–Trinajstić information content (AvgIpc) is 2.89. The van der Waals surface area contributed by atoms with Gasteiger partial charge in [-0.05, 0) is 19.3 Å². The Morgan fingerprint density at radius 3 is 2.76 bits per heavy atom. The Hall–Kier alpha value is -1.79. The summed E-state index contributed by atoms with van der Waals surface area (Å²) in [6, 6.07) is -0.316. The van der Waals surface area contributed by atoms with E-state index in [1.54, 1.807) is 4.90 Å². The molecule has 0 aromatic heterocycles. The van der Waals surface area contributed by atoms with Gasteiger partial charge in [0, 0.05) is 12.6 Å². The molecule has 17 heavy (non-hydrogen) atoms. The monoisotopic (exact) mass is 238 g/mol. The summed E-state index contributed by atoms with van der Waals surface area (Å²) in [4.78, 5) is 36.2. The Morgan fingerprint density at radius 1 is 1.41 bits per heavy atom. The molecule has 7 nitrogen and oxygen atoms in total. The largest absolute Gasteiger partial charge is 0.335 e. The van der Waals surface area contributed by atoms with E-state index in [0.29, 0.717) is 19.0 Å². The highest BCUT2D eigenvalue weighted by molar-refractivity contribution is 6.07. The minimum absolute atomic E-state index is 0.140. The third kappa shape index (κ3) is 1.71. The summed E-state index contributed by atoms with van der Waals surface area (Å²) < 4.78 is 0. The summed E-state index contributed by atoms with van der Waals surface area (Å²) in [5.41, 5.74) is -0.905. The minimum atomic E-state index is -0.905. The van der Waals surface area contributed by atoms with Crippen LogP contribution in [0.5, 0.6) is 0 Å². The molecule has 1 saturated carbocycles. The minimum Gasteiger partial charge on any atom is -0.335 e. The van der Waals surface area contributed by atoms with Gasteiger partial charge in [0.1, 0.15) is 5.54 Å². The number of carbonyl (C=O) groups is 3. The van der Waals surface area contributed by atoms with Crippen LogP contribution in [0.25, 0.3) is 0 Å². The Balaban J connectivity index is 1.66. The molecule has 0 bridgehead atoms. The number of imide groups is 1. The third-order valence-corrected chi connectivity index (χ3v) is 3.48. The van der Waals surface area contributed by atoms with Crippen LogP contribution in [-0.4, -0.2) is 47.5 Å². The lowest BCUT2D eigenvalue weighted by molar-refractivity contribution is -0.123. The molecule has 1 unspecified atom stereocenters. The summed E-state index contributed by atoms with van der Waals surface area (Å²) in [6.07, 6.45) is 2.53. The predicted molar refractivity (Wildman–Crippen MR) is 57.1 cm³/mol. The van der Waals surface area contributed by atoms with Crippen molar-refractivity contribution < 1.29 is 14.4 Å². The van der Waals surface area contributed by atoms with Gasteiger partial charge in [-0.2, -0.15) is 0 Å². The van der Waals surface area contributed by atoms with E-state index in [1.807, 2.05) is 0 Å². The molecule has 1 atom stereocenters. The highest BCUT2D eigenvalue weighted by Gasteiger charge is 2.51. The molecular formula is C10H14N4O3.